The summed E-state index contributed by atoms with van der Waals surface area (Å²) in [7, 11) is 1.93. The maximum Gasteiger partial charge on any atom is 0.269 e. The van der Waals surface area contributed by atoms with Crippen LogP contribution >= 0.6 is 11.6 Å². The number of nitrogen functional groups attached to an aromatic ring is 1. The zero-order chi connectivity index (χ0) is 15.4. The van der Waals surface area contributed by atoms with Crippen molar-refractivity contribution in [2.24, 2.45) is 0 Å². The molecule has 0 unspecified atom stereocenters. The van der Waals surface area contributed by atoms with E-state index in [9.17, 15) is 10.1 Å². The minimum Gasteiger partial charge on any atom is -0.398 e. The molecule has 110 valence electrons. The highest BCUT2D eigenvalue weighted by Gasteiger charge is 2.11. The summed E-state index contributed by atoms with van der Waals surface area (Å²) in [5, 5.41) is 11.5. The molecule has 0 radical (unpaired) electrons. The van der Waals surface area contributed by atoms with Crippen LogP contribution in [-0.2, 0) is 13.1 Å². The average molecular weight is 306 g/mol. The number of anilines is 1. The third-order valence-electron chi connectivity index (χ3n) is 3.12. The Morgan fingerprint density at radius 2 is 2.00 bits per heavy atom. The largest absolute Gasteiger partial charge is 0.398 e. The Labute approximate surface area is 128 Å². The fourth-order valence-electron chi connectivity index (χ4n) is 2.14. The summed E-state index contributed by atoms with van der Waals surface area (Å²) >= 11 is 5.96. The minimum absolute atomic E-state index is 0.0513. The van der Waals surface area contributed by atoms with E-state index in [2.05, 4.69) is 0 Å². The first kappa shape index (κ1) is 15.3. The Morgan fingerprint density at radius 3 is 2.67 bits per heavy atom. The predicted octanol–water partition coefficient (Wildman–Crippen LogP) is 3.46. The zero-order valence-electron chi connectivity index (χ0n) is 11.6. The van der Waals surface area contributed by atoms with Crippen LogP contribution in [0.25, 0.3) is 0 Å². The van der Waals surface area contributed by atoms with E-state index in [1.165, 1.54) is 12.1 Å². The molecule has 5 nitrogen and oxygen atoms in total. The molecule has 0 heterocycles. The average Bonchev–Trinajstić information content (AvgIpc) is 2.41. The first-order chi connectivity index (χ1) is 9.95. The SMILES string of the molecule is CN(Cc1cccc(Cl)c1)Cc1cc([N+](=O)[O-])ccc1N. The molecule has 0 spiro atoms. The third kappa shape index (κ3) is 4.18. The maximum atomic E-state index is 10.8. The number of rotatable bonds is 5. The normalized spacial score (nSPS) is 10.8. The number of non-ortho nitro benzene ring substituents is 1. The maximum absolute atomic E-state index is 10.8. The molecule has 0 fully saturated rings. The summed E-state index contributed by atoms with van der Waals surface area (Å²) in [5.74, 6) is 0. The van der Waals surface area contributed by atoms with Gasteiger partial charge in [0.1, 0.15) is 0 Å². The van der Waals surface area contributed by atoms with Crippen molar-refractivity contribution in [3.05, 3.63) is 68.7 Å². The van der Waals surface area contributed by atoms with E-state index < -0.39 is 4.92 Å². The highest BCUT2D eigenvalue weighted by Crippen LogP contribution is 2.21. The van der Waals surface area contributed by atoms with Gasteiger partial charge in [0.05, 0.1) is 4.92 Å². The van der Waals surface area contributed by atoms with Crippen molar-refractivity contribution in [1.29, 1.82) is 0 Å². The fraction of sp³-hybridized carbons (Fsp3) is 0.200. The van der Waals surface area contributed by atoms with Crippen LogP contribution in [0.15, 0.2) is 42.5 Å². The van der Waals surface area contributed by atoms with E-state index in [1.807, 2.05) is 36.2 Å². The Kier molecular flexibility index (Phi) is 4.77. The number of hydrogen-bond acceptors (Lipinski definition) is 4. The molecule has 21 heavy (non-hydrogen) atoms. The van der Waals surface area contributed by atoms with Gasteiger partial charge in [-0.05, 0) is 36.4 Å². The molecule has 0 saturated carbocycles. The van der Waals surface area contributed by atoms with Crippen molar-refractivity contribution in [1.82, 2.24) is 4.90 Å². The van der Waals surface area contributed by atoms with Crippen LogP contribution in [0.5, 0.6) is 0 Å². The topological polar surface area (TPSA) is 72.4 Å². The summed E-state index contributed by atoms with van der Waals surface area (Å²) in [6.07, 6.45) is 0. The molecule has 2 aromatic carbocycles. The summed E-state index contributed by atoms with van der Waals surface area (Å²) in [6.45, 7) is 1.21. The Morgan fingerprint density at radius 1 is 1.24 bits per heavy atom. The number of nitrogens with two attached hydrogens (primary N) is 1. The number of nitro benzene ring substituents is 1. The number of benzene rings is 2. The quantitative estimate of drug-likeness (QED) is 0.521. The van der Waals surface area contributed by atoms with E-state index in [0.717, 1.165) is 11.1 Å². The lowest BCUT2D eigenvalue weighted by Gasteiger charge is -2.18. The third-order valence-corrected chi connectivity index (χ3v) is 3.35. The lowest BCUT2D eigenvalue weighted by atomic mass is 10.1. The Bertz CT molecular complexity index is 661. The molecule has 2 N–H and O–H groups in total. The molecule has 0 aliphatic heterocycles. The van der Waals surface area contributed by atoms with Crippen LogP contribution in [0.4, 0.5) is 11.4 Å². The monoisotopic (exact) mass is 305 g/mol. The second-order valence-corrected chi connectivity index (χ2v) is 5.38. The van der Waals surface area contributed by atoms with Crippen LogP contribution in [0, 0.1) is 10.1 Å². The standard InChI is InChI=1S/C15H16ClN3O2/c1-18(9-11-3-2-4-13(16)7-11)10-12-8-14(19(20)21)5-6-15(12)17/h2-8H,9-10,17H2,1H3. The summed E-state index contributed by atoms with van der Waals surface area (Å²) in [6, 6.07) is 12.1. The van der Waals surface area contributed by atoms with Gasteiger partial charge < -0.3 is 5.73 Å². The van der Waals surface area contributed by atoms with Gasteiger partial charge in [0.25, 0.3) is 5.69 Å². The predicted molar refractivity (Wildman–Crippen MR) is 84.1 cm³/mol. The van der Waals surface area contributed by atoms with Crippen molar-refractivity contribution >= 4 is 23.0 Å². The minimum atomic E-state index is -0.417. The smallest absolute Gasteiger partial charge is 0.269 e. The van der Waals surface area contributed by atoms with Gasteiger partial charge in [-0.15, -0.1) is 0 Å². The second kappa shape index (κ2) is 6.56. The van der Waals surface area contributed by atoms with Gasteiger partial charge in [-0.2, -0.15) is 0 Å². The fourth-order valence-corrected chi connectivity index (χ4v) is 2.35. The molecule has 2 aromatic rings. The Balaban J connectivity index is 2.10. The molecular formula is C15H16ClN3O2. The Hall–Kier alpha value is -2.11. The van der Waals surface area contributed by atoms with Gasteiger partial charge in [-0.1, -0.05) is 23.7 Å². The molecule has 2 rings (SSSR count). The van der Waals surface area contributed by atoms with E-state index in [-0.39, 0.29) is 5.69 Å². The molecule has 0 saturated heterocycles. The van der Waals surface area contributed by atoms with Crippen molar-refractivity contribution in [2.75, 3.05) is 12.8 Å². The molecule has 0 bridgehead atoms. The van der Waals surface area contributed by atoms with Crippen molar-refractivity contribution in [2.45, 2.75) is 13.1 Å². The van der Waals surface area contributed by atoms with Crippen LogP contribution in [0.3, 0.4) is 0 Å². The summed E-state index contributed by atoms with van der Waals surface area (Å²) in [5.41, 5.74) is 8.31. The second-order valence-electron chi connectivity index (χ2n) is 4.94. The molecular weight excluding hydrogens is 290 g/mol. The lowest BCUT2D eigenvalue weighted by Crippen LogP contribution is -2.18. The van der Waals surface area contributed by atoms with E-state index in [1.54, 1.807) is 6.07 Å². The molecule has 6 heteroatoms. The summed E-state index contributed by atoms with van der Waals surface area (Å²) in [4.78, 5) is 12.4. The van der Waals surface area contributed by atoms with Gasteiger partial charge in [0.15, 0.2) is 0 Å². The van der Waals surface area contributed by atoms with Crippen LogP contribution in [-0.4, -0.2) is 16.9 Å². The van der Waals surface area contributed by atoms with Gasteiger partial charge >= 0.3 is 0 Å². The number of nitro groups is 1. The van der Waals surface area contributed by atoms with Gasteiger partial charge in [0, 0.05) is 35.9 Å². The highest BCUT2D eigenvalue weighted by molar-refractivity contribution is 6.30. The number of nitrogens with zero attached hydrogens (tertiary/aromatic N) is 2. The van der Waals surface area contributed by atoms with E-state index >= 15 is 0 Å². The van der Waals surface area contributed by atoms with Gasteiger partial charge in [-0.25, -0.2) is 0 Å². The molecule has 0 aliphatic carbocycles. The first-order valence-electron chi connectivity index (χ1n) is 6.41. The van der Waals surface area contributed by atoms with E-state index in [4.69, 9.17) is 17.3 Å². The summed E-state index contributed by atoms with van der Waals surface area (Å²) < 4.78 is 0. The molecule has 0 aliphatic rings. The molecule has 0 amide bonds. The molecule has 0 atom stereocenters. The number of halogens is 1. The van der Waals surface area contributed by atoms with Crippen molar-refractivity contribution in [3.63, 3.8) is 0 Å². The highest BCUT2D eigenvalue weighted by atomic mass is 35.5. The first-order valence-corrected chi connectivity index (χ1v) is 6.79. The molecule has 0 aromatic heterocycles. The van der Waals surface area contributed by atoms with E-state index in [0.29, 0.717) is 23.8 Å². The van der Waals surface area contributed by atoms with Crippen LogP contribution < -0.4 is 5.73 Å². The number of hydrogen-bond donors (Lipinski definition) is 1. The van der Waals surface area contributed by atoms with Gasteiger partial charge in [-0.3, -0.25) is 15.0 Å². The van der Waals surface area contributed by atoms with Crippen molar-refractivity contribution in [3.8, 4) is 0 Å². The lowest BCUT2D eigenvalue weighted by molar-refractivity contribution is -0.384. The van der Waals surface area contributed by atoms with Crippen molar-refractivity contribution < 1.29 is 4.92 Å². The van der Waals surface area contributed by atoms with Crippen LogP contribution in [0.1, 0.15) is 11.1 Å². The van der Waals surface area contributed by atoms with Gasteiger partial charge in [0.2, 0.25) is 0 Å². The zero-order valence-corrected chi connectivity index (χ0v) is 12.4. The van der Waals surface area contributed by atoms with Crippen LogP contribution in [0.2, 0.25) is 5.02 Å².